The molecule has 0 aromatic carbocycles. The maximum absolute atomic E-state index is 5.50. The van der Waals surface area contributed by atoms with Gasteiger partial charge in [-0.2, -0.15) is 0 Å². The highest BCUT2D eigenvalue weighted by Crippen LogP contribution is 2.55. The van der Waals surface area contributed by atoms with Gasteiger partial charge in [-0.25, -0.2) is 0 Å². The van der Waals surface area contributed by atoms with Gasteiger partial charge in [-0.3, -0.25) is 0 Å². The van der Waals surface area contributed by atoms with E-state index in [1.165, 1.54) is 22.7 Å². The molecule has 0 atom stereocenters. The summed E-state index contributed by atoms with van der Waals surface area (Å²) in [6.07, 6.45) is 0. The summed E-state index contributed by atoms with van der Waals surface area (Å²) in [5.74, 6) is 0. The molecule has 146 valence electrons. The van der Waals surface area contributed by atoms with Crippen LogP contribution < -0.4 is 0 Å². The van der Waals surface area contributed by atoms with Crippen LogP contribution in [-0.2, 0) is 25.3 Å². The molecule has 0 fully saturated rings. The van der Waals surface area contributed by atoms with E-state index in [9.17, 15) is 0 Å². The first-order valence-corrected chi connectivity index (χ1v) is 17.7. The lowest BCUT2D eigenvalue weighted by Gasteiger charge is -2.05. The largest absolute Gasteiger partial charge is 0.427 e. The monoisotopic (exact) mass is 656 g/mol. The maximum Gasteiger partial charge on any atom is 0.145 e. The van der Waals surface area contributed by atoms with Gasteiger partial charge < -0.3 is 47.9 Å². The Morgan fingerprint density at radius 3 is 1.11 bits per heavy atom. The minimum Gasteiger partial charge on any atom is -0.427 e. The zero-order chi connectivity index (χ0) is 20.0. The molecule has 4 rings (SSSR count). The van der Waals surface area contributed by atoms with Gasteiger partial charge >= 0.3 is 0 Å². The second-order valence-electron chi connectivity index (χ2n) is 4.45. The van der Waals surface area contributed by atoms with Crippen molar-refractivity contribution in [1.82, 2.24) is 0 Å². The molecule has 0 aliphatic heterocycles. The number of rotatable bonds is 5. The Kier molecular flexibility index (Phi) is 8.36. The lowest BCUT2D eigenvalue weighted by Crippen LogP contribution is -1.71. The van der Waals surface area contributed by atoms with Gasteiger partial charge in [-0.1, -0.05) is 57.3 Å². The fourth-order valence-corrected chi connectivity index (χ4v) is 18.2. The zero-order valence-electron chi connectivity index (χ0n) is 12.5. The average molecular weight is 657 g/mol. The molecule has 4 heterocycles. The summed E-state index contributed by atoms with van der Waals surface area (Å²) >= 11 is 45.1. The normalized spacial score (nSPS) is 11.3. The van der Waals surface area contributed by atoms with E-state index in [2.05, 4.69) is 0 Å². The Morgan fingerprint density at radius 1 is 0.464 bits per heavy atom. The van der Waals surface area contributed by atoms with E-state index >= 15 is 0 Å². The topological polar surface area (TPSA) is 0 Å². The van der Waals surface area contributed by atoms with Crippen molar-refractivity contribution in [3.8, 4) is 19.5 Å². The highest BCUT2D eigenvalue weighted by atomic mass is 33.1. The molecule has 28 heavy (non-hydrogen) atoms. The third kappa shape index (κ3) is 5.23. The third-order valence-corrected chi connectivity index (χ3v) is 18.0. The first-order valence-electron chi connectivity index (χ1n) is 6.57. The van der Waals surface area contributed by atoms with Crippen LogP contribution in [0.1, 0.15) is 0 Å². The van der Waals surface area contributed by atoms with Crippen LogP contribution in [-0.4, -0.2) is 0 Å². The summed E-state index contributed by atoms with van der Waals surface area (Å²) in [7, 11) is 3.39. The Balaban J connectivity index is 1.69. The first-order chi connectivity index (χ1) is 13.3. The van der Waals surface area contributed by atoms with Crippen LogP contribution in [0.4, 0.5) is 0 Å². The van der Waals surface area contributed by atoms with Crippen molar-refractivity contribution in [2.75, 3.05) is 0 Å². The van der Waals surface area contributed by atoms with Crippen molar-refractivity contribution in [2.24, 2.45) is 0 Å². The second kappa shape index (κ2) is 10.0. The molecule has 0 radical (unpaired) electrons. The summed E-state index contributed by atoms with van der Waals surface area (Å²) in [6.45, 7) is 0. The average Bonchev–Trinajstić information content (AvgIpc) is 3.33. The molecule has 0 saturated carbocycles. The smallest absolute Gasteiger partial charge is 0.145 e. The van der Waals surface area contributed by atoms with Crippen molar-refractivity contribution < 1.29 is 0 Å². The molecular weight excluding hydrogens is 657 g/mol. The van der Waals surface area contributed by atoms with E-state index in [1.54, 1.807) is 89.6 Å². The van der Waals surface area contributed by atoms with Crippen molar-refractivity contribution in [3.63, 3.8) is 0 Å². The lowest BCUT2D eigenvalue weighted by molar-refractivity contribution is 1.72. The zero-order valence-corrected chi connectivity index (χ0v) is 25.6. The molecule has 0 aliphatic carbocycles. The Bertz CT molecular complexity index is 1260. The van der Waals surface area contributed by atoms with E-state index in [4.69, 9.17) is 74.1 Å². The summed E-state index contributed by atoms with van der Waals surface area (Å²) in [6, 6.07) is 0. The molecule has 16 heteroatoms. The molecule has 0 amide bonds. The highest BCUT2D eigenvalue weighted by molar-refractivity contribution is 8.77. The molecule has 0 spiro atoms. The minimum absolute atomic E-state index is 0.839. The molecule has 0 nitrogen and oxygen atoms in total. The SMILES string of the molecule is S=c1sc([S-])c(-c2sc(=S)sc2SSc2sc(=S)sc2-c2sc(=S)sc2[S-])s1. The summed E-state index contributed by atoms with van der Waals surface area (Å²) in [5, 5.41) is 0. The third-order valence-electron chi connectivity index (χ3n) is 2.79. The predicted octanol–water partition coefficient (Wildman–Crippen LogP) is 11.0. The van der Waals surface area contributed by atoms with Crippen molar-refractivity contribution >= 4 is 186 Å². The fraction of sp³-hybridized carbons (Fsp3) is 0. The Hall–Kier alpha value is 2.22. The van der Waals surface area contributed by atoms with Crippen LogP contribution >= 0.6 is 161 Å². The molecule has 0 unspecified atom stereocenters. The Morgan fingerprint density at radius 2 is 0.786 bits per heavy atom. The minimum atomic E-state index is 0.839. The summed E-state index contributed by atoms with van der Waals surface area (Å²) in [4.78, 5) is 4.38. The van der Waals surface area contributed by atoms with E-state index < -0.39 is 0 Å². The predicted molar refractivity (Wildman–Crippen MR) is 153 cm³/mol. The molecule has 0 N–H and O–H groups in total. The summed E-state index contributed by atoms with van der Waals surface area (Å²) < 4.78 is 7.46. The van der Waals surface area contributed by atoms with Crippen LogP contribution in [0.15, 0.2) is 16.8 Å². The van der Waals surface area contributed by atoms with Crippen LogP contribution in [0, 0.1) is 12.6 Å². The molecule has 0 aliphatic rings. The highest BCUT2D eigenvalue weighted by Gasteiger charge is 2.17. The van der Waals surface area contributed by atoms with E-state index in [0.29, 0.717) is 0 Å². The van der Waals surface area contributed by atoms with Crippen LogP contribution in [0.5, 0.6) is 0 Å². The molecule has 0 bridgehead atoms. The standard InChI is InChI=1S/C12H2S16/c13-5-1(19-9(15)23-5)3-7(25-11(17)21-3)27-28-8-4(22-12(18)26-8)2-6(14)24-10(16)20-2/h13-14H/p-2. The molecule has 4 aromatic heterocycles. The van der Waals surface area contributed by atoms with Gasteiger partial charge in [0.25, 0.3) is 0 Å². The van der Waals surface area contributed by atoms with Gasteiger partial charge in [0.2, 0.25) is 0 Å². The van der Waals surface area contributed by atoms with Gasteiger partial charge in [-0.15, -0.1) is 68.0 Å². The van der Waals surface area contributed by atoms with Gasteiger partial charge in [0.05, 0.1) is 24.4 Å². The first kappa shape index (κ1) is 23.4. The maximum atomic E-state index is 5.50. The molecule has 0 saturated heterocycles. The van der Waals surface area contributed by atoms with Crippen LogP contribution in [0.25, 0.3) is 19.5 Å². The number of hydrogen-bond donors (Lipinski definition) is 0. The van der Waals surface area contributed by atoms with Gasteiger partial charge in [-0.05, 0) is 21.6 Å². The van der Waals surface area contributed by atoms with Crippen molar-refractivity contribution in [2.45, 2.75) is 16.8 Å². The quantitative estimate of drug-likeness (QED) is 0.117. The fourth-order valence-electron chi connectivity index (χ4n) is 1.81. The number of hydrogen-bond acceptors (Lipinski definition) is 16. The van der Waals surface area contributed by atoms with Crippen LogP contribution in [0.2, 0.25) is 0 Å². The second-order valence-corrected chi connectivity index (χ2v) is 21.3. The van der Waals surface area contributed by atoms with E-state index in [0.717, 1.165) is 48.9 Å². The Labute approximate surface area is 231 Å². The van der Waals surface area contributed by atoms with Gasteiger partial charge in [0.1, 0.15) is 6.28 Å². The van der Waals surface area contributed by atoms with Crippen molar-refractivity contribution in [1.29, 1.82) is 0 Å². The van der Waals surface area contributed by atoms with E-state index in [-0.39, 0.29) is 0 Å². The summed E-state index contributed by atoms with van der Waals surface area (Å²) in [5.41, 5.74) is 0. The lowest BCUT2D eigenvalue weighted by atomic mass is 10.5. The van der Waals surface area contributed by atoms with Crippen LogP contribution in [0.3, 0.4) is 0 Å². The van der Waals surface area contributed by atoms with Gasteiger partial charge in [0, 0.05) is 9.75 Å². The molecule has 4 aromatic rings. The van der Waals surface area contributed by atoms with E-state index in [1.807, 2.05) is 0 Å². The van der Waals surface area contributed by atoms with Gasteiger partial charge in [0.15, 0.2) is 0 Å². The molecular formula is C12S16-2. The van der Waals surface area contributed by atoms with Crippen molar-refractivity contribution in [3.05, 3.63) is 12.6 Å².